The summed E-state index contributed by atoms with van der Waals surface area (Å²) in [5.74, 6) is 0.477. The Morgan fingerprint density at radius 2 is 1.95 bits per heavy atom. The van der Waals surface area contributed by atoms with Crippen molar-refractivity contribution in [2.75, 3.05) is 0 Å². The quantitative estimate of drug-likeness (QED) is 0.914. The number of benzene rings is 1. The SMILES string of the molecule is CC(C)C(C)NC(=O)Cc1csc(-c2ccccc2)n1. The lowest BCUT2D eigenvalue weighted by molar-refractivity contribution is -0.121. The Morgan fingerprint density at radius 1 is 1.25 bits per heavy atom. The van der Waals surface area contributed by atoms with Gasteiger partial charge in [-0.05, 0) is 12.8 Å². The normalized spacial score (nSPS) is 12.4. The molecule has 0 aliphatic carbocycles. The first-order valence-electron chi connectivity index (χ1n) is 6.85. The first-order chi connectivity index (χ1) is 9.56. The van der Waals surface area contributed by atoms with Gasteiger partial charge in [-0.1, -0.05) is 44.2 Å². The van der Waals surface area contributed by atoms with E-state index in [2.05, 4.69) is 24.1 Å². The van der Waals surface area contributed by atoms with Gasteiger partial charge in [0.15, 0.2) is 0 Å². The molecule has 1 N–H and O–H groups in total. The molecule has 3 nitrogen and oxygen atoms in total. The second-order valence-corrected chi connectivity index (χ2v) is 6.15. The van der Waals surface area contributed by atoms with Crippen molar-refractivity contribution in [3.8, 4) is 10.6 Å². The van der Waals surface area contributed by atoms with E-state index in [1.54, 1.807) is 11.3 Å². The van der Waals surface area contributed by atoms with E-state index in [-0.39, 0.29) is 11.9 Å². The zero-order valence-corrected chi connectivity index (χ0v) is 12.9. The van der Waals surface area contributed by atoms with Crippen LogP contribution in [0.15, 0.2) is 35.7 Å². The van der Waals surface area contributed by atoms with E-state index in [0.717, 1.165) is 16.3 Å². The Morgan fingerprint density at radius 3 is 2.60 bits per heavy atom. The first-order valence-corrected chi connectivity index (χ1v) is 7.73. The summed E-state index contributed by atoms with van der Waals surface area (Å²) in [4.78, 5) is 16.5. The molecule has 2 rings (SSSR count). The minimum Gasteiger partial charge on any atom is -0.353 e. The van der Waals surface area contributed by atoms with Crippen molar-refractivity contribution >= 4 is 17.2 Å². The summed E-state index contributed by atoms with van der Waals surface area (Å²) in [6.07, 6.45) is 0.348. The molecule has 0 aliphatic heterocycles. The van der Waals surface area contributed by atoms with Gasteiger partial charge >= 0.3 is 0 Å². The van der Waals surface area contributed by atoms with E-state index in [1.165, 1.54) is 0 Å². The zero-order chi connectivity index (χ0) is 14.5. The van der Waals surface area contributed by atoms with Crippen molar-refractivity contribution in [1.82, 2.24) is 10.3 Å². The average Bonchev–Trinajstić information content (AvgIpc) is 2.88. The predicted octanol–water partition coefficient (Wildman–Crippen LogP) is 3.51. The molecule has 0 radical (unpaired) electrons. The molecule has 20 heavy (non-hydrogen) atoms. The molecule has 1 unspecified atom stereocenters. The Kier molecular flexibility index (Phi) is 4.90. The highest BCUT2D eigenvalue weighted by Crippen LogP contribution is 2.23. The van der Waals surface area contributed by atoms with Gasteiger partial charge in [-0.3, -0.25) is 4.79 Å². The van der Waals surface area contributed by atoms with Crippen LogP contribution in [0.4, 0.5) is 0 Å². The largest absolute Gasteiger partial charge is 0.353 e. The molecule has 1 atom stereocenters. The molecule has 0 saturated carbocycles. The second-order valence-electron chi connectivity index (χ2n) is 5.29. The number of carbonyl (C=O) groups excluding carboxylic acids is 1. The molecule has 0 saturated heterocycles. The summed E-state index contributed by atoms with van der Waals surface area (Å²) in [7, 11) is 0. The van der Waals surface area contributed by atoms with Gasteiger partial charge in [0.2, 0.25) is 5.91 Å². The van der Waals surface area contributed by atoms with Crippen LogP contribution in [0, 0.1) is 5.92 Å². The molecule has 0 bridgehead atoms. The van der Waals surface area contributed by atoms with Gasteiger partial charge in [0.1, 0.15) is 5.01 Å². The molecule has 4 heteroatoms. The van der Waals surface area contributed by atoms with Crippen LogP contribution in [0.25, 0.3) is 10.6 Å². The first kappa shape index (κ1) is 14.7. The molecule has 1 amide bonds. The third-order valence-electron chi connectivity index (χ3n) is 3.30. The number of amides is 1. The zero-order valence-electron chi connectivity index (χ0n) is 12.1. The average molecular weight is 288 g/mol. The standard InChI is InChI=1S/C16H20N2OS/c1-11(2)12(3)17-15(19)9-14-10-20-16(18-14)13-7-5-4-6-8-13/h4-8,10-12H,9H2,1-3H3,(H,17,19). The van der Waals surface area contributed by atoms with E-state index in [0.29, 0.717) is 12.3 Å². The highest BCUT2D eigenvalue weighted by molar-refractivity contribution is 7.13. The molecule has 0 aliphatic rings. The Balaban J connectivity index is 1.98. The summed E-state index contributed by atoms with van der Waals surface area (Å²) in [6, 6.07) is 10.2. The number of nitrogens with one attached hydrogen (secondary N) is 1. The van der Waals surface area contributed by atoms with Crippen LogP contribution in [0.5, 0.6) is 0 Å². The highest BCUT2D eigenvalue weighted by atomic mass is 32.1. The molecule has 1 heterocycles. The van der Waals surface area contributed by atoms with Crippen molar-refractivity contribution in [3.63, 3.8) is 0 Å². The Bertz CT molecular complexity index is 563. The van der Waals surface area contributed by atoms with E-state index in [4.69, 9.17) is 0 Å². The van der Waals surface area contributed by atoms with E-state index in [9.17, 15) is 4.79 Å². The molecule has 2 aromatic rings. The molecule has 0 fully saturated rings. The Hall–Kier alpha value is -1.68. The van der Waals surface area contributed by atoms with Crippen LogP contribution in [-0.2, 0) is 11.2 Å². The van der Waals surface area contributed by atoms with Crippen molar-refractivity contribution in [3.05, 3.63) is 41.4 Å². The van der Waals surface area contributed by atoms with Crippen LogP contribution in [0.1, 0.15) is 26.5 Å². The smallest absolute Gasteiger partial charge is 0.226 e. The number of hydrogen-bond donors (Lipinski definition) is 1. The van der Waals surface area contributed by atoms with Gasteiger partial charge in [0.25, 0.3) is 0 Å². The Labute approximate surface area is 124 Å². The monoisotopic (exact) mass is 288 g/mol. The number of thiazole rings is 1. The van der Waals surface area contributed by atoms with Crippen molar-refractivity contribution in [2.45, 2.75) is 33.2 Å². The summed E-state index contributed by atoms with van der Waals surface area (Å²) >= 11 is 1.58. The van der Waals surface area contributed by atoms with E-state index >= 15 is 0 Å². The summed E-state index contributed by atoms with van der Waals surface area (Å²) in [6.45, 7) is 6.22. The van der Waals surface area contributed by atoms with Crippen LogP contribution in [-0.4, -0.2) is 16.9 Å². The van der Waals surface area contributed by atoms with E-state index in [1.807, 2.05) is 42.6 Å². The fraction of sp³-hybridized carbons (Fsp3) is 0.375. The molecular weight excluding hydrogens is 268 g/mol. The van der Waals surface area contributed by atoms with Crippen LogP contribution < -0.4 is 5.32 Å². The maximum Gasteiger partial charge on any atom is 0.226 e. The number of rotatable bonds is 5. The van der Waals surface area contributed by atoms with Crippen molar-refractivity contribution in [1.29, 1.82) is 0 Å². The molecule has 1 aromatic heterocycles. The second kappa shape index (κ2) is 6.66. The predicted molar refractivity (Wildman–Crippen MR) is 83.7 cm³/mol. The highest BCUT2D eigenvalue weighted by Gasteiger charge is 2.13. The van der Waals surface area contributed by atoms with Gasteiger partial charge in [0.05, 0.1) is 12.1 Å². The van der Waals surface area contributed by atoms with Gasteiger partial charge in [-0.25, -0.2) is 4.98 Å². The third kappa shape index (κ3) is 3.90. The lowest BCUT2D eigenvalue weighted by atomic mass is 10.1. The summed E-state index contributed by atoms with van der Waals surface area (Å²) < 4.78 is 0. The maximum absolute atomic E-state index is 11.9. The van der Waals surface area contributed by atoms with Gasteiger partial charge in [-0.2, -0.15) is 0 Å². The maximum atomic E-state index is 11.9. The molecular formula is C16H20N2OS. The number of hydrogen-bond acceptors (Lipinski definition) is 3. The molecule has 1 aromatic carbocycles. The van der Waals surface area contributed by atoms with Crippen LogP contribution in [0.2, 0.25) is 0 Å². The minimum absolute atomic E-state index is 0.0381. The minimum atomic E-state index is 0.0381. The van der Waals surface area contributed by atoms with Crippen LogP contribution >= 0.6 is 11.3 Å². The topological polar surface area (TPSA) is 42.0 Å². The van der Waals surface area contributed by atoms with Gasteiger partial charge in [-0.15, -0.1) is 11.3 Å². The fourth-order valence-electron chi connectivity index (χ4n) is 1.74. The van der Waals surface area contributed by atoms with Crippen LogP contribution in [0.3, 0.4) is 0 Å². The van der Waals surface area contributed by atoms with Gasteiger partial charge < -0.3 is 5.32 Å². The lowest BCUT2D eigenvalue weighted by Gasteiger charge is -2.16. The van der Waals surface area contributed by atoms with Gasteiger partial charge in [0, 0.05) is 17.0 Å². The van der Waals surface area contributed by atoms with Crippen molar-refractivity contribution in [2.24, 2.45) is 5.92 Å². The summed E-state index contributed by atoms with van der Waals surface area (Å²) in [5, 5.41) is 5.93. The van der Waals surface area contributed by atoms with E-state index < -0.39 is 0 Å². The number of aromatic nitrogens is 1. The lowest BCUT2D eigenvalue weighted by Crippen LogP contribution is -2.37. The fourth-order valence-corrected chi connectivity index (χ4v) is 2.56. The number of nitrogens with zero attached hydrogens (tertiary/aromatic N) is 1. The molecule has 106 valence electrons. The molecule has 0 spiro atoms. The third-order valence-corrected chi connectivity index (χ3v) is 4.24. The van der Waals surface area contributed by atoms with Crippen molar-refractivity contribution < 1.29 is 4.79 Å². The summed E-state index contributed by atoms with van der Waals surface area (Å²) in [5.41, 5.74) is 1.93. The number of carbonyl (C=O) groups is 1.